The van der Waals surface area contributed by atoms with Gasteiger partial charge in [-0.05, 0) is 62.1 Å². The summed E-state index contributed by atoms with van der Waals surface area (Å²) in [6, 6.07) is 16.7. The summed E-state index contributed by atoms with van der Waals surface area (Å²) in [5.74, 6) is 0.921. The number of methoxy groups -OCH3 is 1. The number of hydrogen-bond donors (Lipinski definition) is 1. The topological polar surface area (TPSA) is 67.6 Å². The van der Waals surface area contributed by atoms with Crippen LogP contribution in [0.25, 0.3) is 16.9 Å². The molecule has 0 aliphatic heterocycles. The fraction of sp³-hybridized carbons (Fsp3) is 0.250. The Labute approximate surface area is 186 Å². The van der Waals surface area contributed by atoms with E-state index >= 15 is 0 Å². The smallest absolute Gasteiger partial charge is 0.256 e. The molecule has 3 aromatic rings. The Morgan fingerprint density at radius 3 is 2.52 bits per heavy atom. The largest absolute Gasteiger partial charge is 0.497 e. The number of aliphatic hydroxyl groups is 1. The van der Waals surface area contributed by atoms with Gasteiger partial charge in [0.05, 0.1) is 18.5 Å². The molecule has 1 aromatic heterocycles. The van der Waals surface area contributed by atoms with Gasteiger partial charge in [-0.2, -0.15) is 0 Å². The Bertz CT molecular complexity index is 1090. The minimum Gasteiger partial charge on any atom is -0.497 e. The van der Waals surface area contributed by atoms with Crippen LogP contribution >= 0.6 is 11.6 Å². The zero-order valence-electron chi connectivity index (χ0n) is 17.3. The number of anilines is 1. The Morgan fingerprint density at radius 1 is 1.16 bits per heavy atom. The van der Waals surface area contributed by atoms with Crippen LogP contribution in [-0.4, -0.2) is 34.6 Å². The van der Waals surface area contributed by atoms with Crippen molar-refractivity contribution < 1.29 is 14.6 Å². The second-order valence-corrected chi connectivity index (χ2v) is 7.79. The lowest BCUT2D eigenvalue weighted by Gasteiger charge is -2.20. The highest BCUT2D eigenvalue weighted by atomic mass is 35.5. The predicted octanol–water partition coefficient (Wildman–Crippen LogP) is 4.98. The number of ether oxygens (including phenoxy) is 1. The number of rotatable bonds is 6. The molecule has 0 unspecified atom stereocenters. The van der Waals surface area contributed by atoms with Crippen molar-refractivity contribution >= 4 is 23.3 Å². The summed E-state index contributed by atoms with van der Waals surface area (Å²) in [6.07, 6.45) is 5.64. The molecule has 1 heterocycles. The lowest BCUT2D eigenvalue weighted by molar-refractivity contribution is -0.116. The highest BCUT2D eigenvalue weighted by molar-refractivity contribution is 6.30. The second kappa shape index (κ2) is 9.37. The number of halogens is 1. The molecular weight excluding hydrogens is 414 g/mol. The van der Waals surface area contributed by atoms with Crippen LogP contribution in [-0.2, 0) is 4.79 Å². The van der Waals surface area contributed by atoms with Gasteiger partial charge in [0, 0.05) is 22.2 Å². The maximum Gasteiger partial charge on any atom is 0.256 e. The molecule has 7 heteroatoms. The van der Waals surface area contributed by atoms with E-state index in [9.17, 15) is 9.90 Å². The summed E-state index contributed by atoms with van der Waals surface area (Å²) in [6.45, 7) is -0.449. The number of carbonyl (C=O) groups excluding carboxylic acids is 1. The number of allylic oxidation sites excluding steroid dienone is 1. The SMILES string of the molecule is COc1ccc(-n2nc(N(CO)C(=O)C3=CCCCC3)cc2-c2ccc(Cl)cc2)cc1. The van der Waals surface area contributed by atoms with Gasteiger partial charge in [-0.25, -0.2) is 4.68 Å². The number of nitrogens with zero attached hydrogens (tertiary/aromatic N) is 3. The second-order valence-electron chi connectivity index (χ2n) is 7.35. The third-order valence-electron chi connectivity index (χ3n) is 5.38. The maximum absolute atomic E-state index is 13.1. The van der Waals surface area contributed by atoms with Crippen LogP contribution in [0.5, 0.6) is 5.75 Å². The fourth-order valence-electron chi connectivity index (χ4n) is 3.69. The quantitative estimate of drug-likeness (QED) is 0.552. The molecule has 160 valence electrons. The first-order valence-corrected chi connectivity index (χ1v) is 10.6. The van der Waals surface area contributed by atoms with E-state index in [4.69, 9.17) is 16.3 Å². The number of aromatic nitrogens is 2. The highest BCUT2D eigenvalue weighted by Crippen LogP contribution is 2.30. The molecule has 1 aliphatic carbocycles. The van der Waals surface area contributed by atoms with E-state index in [1.54, 1.807) is 11.8 Å². The van der Waals surface area contributed by atoms with Crippen LogP contribution in [0.1, 0.15) is 25.7 Å². The first-order chi connectivity index (χ1) is 15.1. The minimum absolute atomic E-state index is 0.204. The summed E-state index contributed by atoms with van der Waals surface area (Å²) in [4.78, 5) is 14.4. The Balaban J connectivity index is 1.78. The third-order valence-corrected chi connectivity index (χ3v) is 5.63. The molecule has 0 bridgehead atoms. The molecule has 0 saturated carbocycles. The van der Waals surface area contributed by atoms with Crippen LogP contribution in [0.3, 0.4) is 0 Å². The van der Waals surface area contributed by atoms with E-state index in [0.29, 0.717) is 10.8 Å². The van der Waals surface area contributed by atoms with E-state index in [0.717, 1.165) is 54.0 Å². The van der Waals surface area contributed by atoms with E-state index < -0.39 is 6.73 Å². The molecule has 0 saturated heterocycles. The highest BCUT2D eigenvalue weighted by Gasteiger charge is 2.24. The van der Waals surface area contributed by atoms with Crippen molar-refractivity contribution in [2.75, 3.05) is 18.7 Å². The monoisotopic (exact) mass is 437 g/mol. The number of hydrogen-bond acceptors (Lipinski definition) is 4. The van der Waals surface area contributed by atoms with E-state index in [-0.39, 0.29) is 5.91 Å². The van der Waals surface area contributed by atoms with Crippen molar-refractivity contribution in [1.29, 1.82) is 0 Å². The summed E-state index contributed by atoms with van der Waals surface area (Å²) in [5.41, 5.74) is 3.20. The van der Waals surface area contributed by atoms with Crippen molar-refractivity contribution in [3.63, 3.8) is 0 Å². The summed E-state index contributed by atoms with van der Waals surface area (Å²) < 4.78 is 7.01. The van der Waals surface area contributed by atoms with Gasteiger partial charge in [0.2, 0.25) is 0 Å². The van der Waals surface area contributed by atoms with Gasteiger partial charge in [0.15, 0.2) is 5.82 Å². The number of benzene rings is 2. The Kier molecular flexibility index (Phi) is 6.39. The standard InChI is InChI=1S/C24H24ClN3O3/c1-31-21-13-11-20(12-14-21)28-22(17-7-9-19(25)10-8-17)15-23(26-28)27(16-29)24(30)18-5-3-2-4-6-18/h5,7-15,29H,2-4,6,16H2,1H3. The van der Waals surface area contributed by atoms with Crippen molar-refractivity contribution in [3.05, 3.63) is 71.3 Å². The van der Waals surface area contributed by atoms with Crippen LogP contribution < -0.4 is 9.64 Å². The molecule has 2 aromatic carbocycles. The molecule has 0 fully saturated rings. The number of aliphatic hydroxyl groups excluding tert-OH is 1. The lowest BCUT2D eigenvalue weighted by atomic mass is 9.99. The zero-order chi connectivity index (χ0) is 21.8. The van der Waals surface area contributed by atoms with Crippen molar-refractivity contribution in [1.82, 2.24) is 9.78 Å². The van der Waals surface area contributed by atoms with Gasteiger partial charge in [-0.1, -0.05) is 29.8 Å². The van der Waals surface area contributed by atoms with Crippen LogP contribution in [0.4, 0.5) is 5.82 Å². The molecule has 0 spiro atoms. The first kappa shape index (κ1) is 21.2. The van der Waals surface area contributed by atoms with Gasteiger partial charge in [0.25, 0.3) is 5.91 Å². The van der Waals surface area contributed by atoms with E-state index in [1.807, 2.05) is 60.7 Å². The summed E-state index contributed by atoms with van der Waals surface area (Å²) in [7, 11) is 1.62. The molecular formula is C24H24ClN3O3. The fourth-order valence-corrected chi connectivity index (χ4v) is 3.82. The average Bonchev–Trinajstić information content (AvgIpc) is 3.25. The van der Waals surface area contributed by atoms with Gasteiger partial charge in [-0.3, -0.25) is 9.69 Å². The Hall–Kier alpha value is -3.09. The van der Waals surface area contributed by atoms with Crippen LogP contribution in [0.15, 0.2) is 66.2 Å². The maximum atomic E-state index is 13.1. The summed E-state index contributed by atoms with van der Waals surface area (Å²) in [5, 5.41) is 15.3. The molecule has 1 aliphatic rings. The minimum atomic E-state index is -0.449. The average molecular weight is 438 g/mol. The first-order valence-electron chi connectivity index (χ1n) is 10.2. The third kappa shape index (κ3) is 4.50. The van der Waals surface area contributed by atoms with Gasteiger partial charge < -0.3 is 9.84 Å². The van der Waals surface area contributed by atoms with Crippen LogP contribution in [0.2, 0.25) is 5.02 Å². The van der Waals surface area contributed by atoms with E-state index in [2.05, 4.69) is 5.10 Å². The predicted molar refractivity (Wildman–Crippen MR) is 122 cm³/mol. The van der Waals surface area contributed by atoms with Gasteiger partial charge in [0.1, 0.15) is 12.5 Å². The van der Waals surface area contributed by atoms with Crippen molar-refractivity contribution in [2.24, 2.45) is 0 Å². The van der Waals surface area contributed by atoms with E-state index in [1.165, 1.54) is 4.90 Å². The molecule has 31 heavy (non-hydrogen) atoms. The van der Waals surface area contributed by atoms with Gasteiger partial charge >= 0.3 is 0 Å². The van der Waals surface area contributed by atoms with Crippen molar-refractivity contribution in [3.8, 4) is 22.7 Å². The summed E-state index contributed by atoms with van der Waals surface area (Å²) >= 11 is 6.07. The zero-order valence-corrected chi connectivity index (χ0v) is 18.0. The number of carbonyl (C=O) groups is 1. The van der Waals surface area contributed by atoms with Crippen LogP contribution in [0, 0.1) is 0 Å². The normalized spacial score (nSPS) is 13.6. The number of amides is 1. The molecule has 1 N–H and O–H groups in total. The van der Waals surface area contributed by atoms with Gasteiger partial charge in [-0.15, -0.1) is 5.10 Å². The molecule has 0 atom stereocenters. The lowest BCUT2D eigenvalue weighted by Crippen LogP contribution is -2.33. The molecule has 1 amide bonds. The molecule has 4 rings (SSSR count). The Morgan fingerprint density at radius 2 is 1.90 bits per heavy atom. The molecule has 0 radical (unpaired) electrons. The molecule has 6 nitrogen and oxygen atoms in total. The van der Waals surface area contributed by atoms with Crippen molar-refractivity contribution in [2.45, 2.75) is 25.7 Å².